The van der Waals surface area contributed by atoms with Gasteiger partial charge in [-0.1, -0.05) is 29.8 Å². The Morgan fingerprint density at radius 2 is 2.24 bits per heavy atom. The normalized spacial score (nSPS) is 21.5. The largest absolute Gasteiger partial charge is 0.307 e. The van der Waals surface area contributed by atoms with Crippen molar-refractivity contribution in [1.29, 1.82) is 0 Å². The maximum absolute atomic E-state index is 13.3. The molecule has 17 heavy (non-hydrogen) atoms. The molecule has 2 unspecified atom stereocenters. The molecule has 1 N–H and O–H groups in total. The molecule has 2 rings (SSSR count). The van der Waals surface area contributed by atoms with Crippen molar-refractivity contribution in [3.63, 3.8) is 0 Å². The molecule has 2 atom stereocenters. The highest BCUT2D eigenvalue weighted by molar-refractivity contribution is 6.30. The van der Waals surface area contributed by atoms with Gasteiger partial charge in [0.2, 0.25) is 0 Å². The number of benzene rings is 1. The Morgan fingerprint density at radius 3 is 2.88 bits per heavy atom. The lowest BCUT2D eigenvalue weighted by atomic mass is 9.99. The van der Waals surface area contributed by atoms with E-state index >= 15 is 0 Å². The monoisotopic (exact) mass is 253 g/mol. The van der Waals surface area contributed by atoms with Gasteiger partial charge in [-0.15, -0.1) is 0 Å². The summed E-state index contributed by atoms with van der Waals surface area (Å²) in [6.45, 7) is 2.06. The van der Waals surface area contributed by atoms with E-state index in [1.165, 1.54) is 6.07 Å². The molecule has 0 aliphatic heterocycles. The third kappa shape index (κ3) is 3.30. The fourth-order valence-electron chi connectivity index (χ4n) is 2.18. The summed E-state index contributed by atoms with van der Waals surface area (Å²) in [5.74, 6) is -0.346. The van der Waals surface area contributed by atoms with Crippen LogP contribution in [0.5, 0.6) is 0 Å². The van der Waals surface area contributed by atoms with Gasteiger partial charge < -0.3 is 5.32 Å². The predicted molar refractivity (Wildman–Crippen MR) is 69.7 cm³/mol. The van der Waals surface area contributed by atoms with Crippen molar-refractivity contribution in [2.24, 2.45) is 0 Å². The molecule has 0 bridgehead atoms. The van der Waals surface area contributed by atoms with Gasteiger partial charge in [-0.3, -0.25) is 0 Å². The van der Waals surface area contributed by atoms with E-state index in [4.69, 9.17) is 11.6 Å². The Kier molecular flexibility index (Phi) is 4.19. The van der Waals surface area contributed by atoms with Crippen LogP contribution in [-0.2, 0) is 0 Å². The van der Waals surface area contributed by atoms with Gasteiger partial charge in [-0.2, -0.15) is 0 Å². The van der Waals surface area contributed by atoms with Gasteiger partial charge >= 0.3 is 0 Å². The van der Waals surface area contributed by atoms with Gasteiger partial charge in [0.1, 0.15) is 5.82 Å². The summed E-state index contributed by atoms with van der Waals surface area (Å²) in [4.78, 5) is 0. The Hall–Kier alpha value is -0.860. The lowest BCUT2D eigenvalue weighted by molar-refractivity contribution is 0.425. The Balaban J connectivity index is 2.01. The second-order valence-electron chi connectivity index (χ2n) is 4.54. The van der Waals surface area contributed by atoms with Crippen molar-refractivity contribution >= 4 is 11.6 Å². The van der Waals surface area contributed by atoms with Gasteiger partial charge in [-0.05, 0) is 43.9 Å². The molecule has 0 radical (unpaired) electrons. The van der Waals surface area contributed by atoms with Crippen LogP contribution in [0, 0.1) is 5.82 Å². The molecule has 1 aromatic rings. The standard InChI is InChI=1S/C14H17ClFN/c1-10(17-12-5-3-2-4-6-12)11-7-8-13(15)14(16)9-11/h2-3,7-10,12,17H,4-6H2,1H3. The second kappa shape index (κ2) is 5.65. The molecule has 92 valence electrons. The van der Waals surface area contributed by atoms with E-state index in [9.17, 15) is 4.39 Å². The summed E-state index contributed by atoms with van der Waals surface area (Å²) in [5, 5.41) is 3.70. The van der Waals surface area contributed by atoms with E-state index in [-0.39, 0.29) is 16.9 Å². The predicted octanol–water partition coefficient (Wildman–Crippen LogP) is 4.24. The molecule has 0 saturated heterocycles. The molecule has 0 heterocycles. The van der Waals surface area contributed by atoms with Gasteiger partial charge in [0.15, 0.2) is 0 Å². The van der Waals surface area contributed by atoms with Crippen molar-refractivity contribution in [2.45, 2.75) is 38.3 Å². The van der Waals surface area contributed by atoms with Crippen LogP contribution in [0.15, 0.2) is 30.4 Å². The first-order valence-corrected chi connectivity index (χ1v) is 6.40. The Labute approximate surface area is 107 Å². The van der Waals surface area contributed by atoms with Crippen molar-refractivity contribution < 1.29 is 4.39 Å². The maximum atomic E-state index is 13.3. The molecule has 0 spiro atoms. The highest BCUT2D eigenvalue weighted by Gasteiger charge is 2.14. The van der Waals surface area contributed by atoms with Crippen molar-refractivity contribution in [2.75, 3.05) is 0 Å². The Morgan fingerprint density at radius 1 is 1.41 bits per heavy atom. The molecular weight excluding hydrogens is 237 g/mol. The minimum atomic E-state index is -0.346. The van der Waals surface area contributed by atoms with Crippen LogP contribution in [0.3, 0.4) is 0 Å². The molecule has 1 aromatic carbocycles. The molecule has 3 heteroatoms. The van der Waals surface area contributed by atoms with E-state index < -0.39 is 0 Å². The van der Waals surface area contributed by atoms with Crippen LogP contribution in [-0.4, -0.2) is 6.04 Å². The fourth-order valence-corrected chi connectivity index (χ4v) is 2.29. The van der Waals surface area contributed by atoms with Gasteiger partial charge in [-0.25, -0.2) is 4.39 Å². The van der Waals surface area contributed by atoms with Crippen LogP contribution in [0.25, 0.3) is 0 Å². The van der Waals surface area contributed by atoms with Gasteiger partial charge in [0, 0.05) is 12.1 Å². The van der Waals surface area contributed by atoms with Gasteiger partial charge in [0.05, 0.1) is 5.02 Å². The van der Waals surface area contributed by atoms with Crippen LogP contribution >= 0.6 is 11.6 Å². The molecular formula is C14H17ClFN. The molecule has 1 nitrogen and oxygen atoms in total. The zero-order chi connectivity index (χ0) is 12.3. The summed E-state index contributed by atoms with van der Waals surface area (Å²) >= 11 is 5.67. The number of halogens is 2. The van der Waals surface area contributed by atoms with E-state index in [0.29, 0.717) is 6.04 Å². The van der Waals surface area contributed by atoms with Crippen LogP contribution in [0.1, 0.15) is 37.8 Å². The number of allylic oxidation sites excluding steroid dienone is 1. The number of hydrogen-bond donors (Lipinski definition) is 1. The molecule has 0 saturated carbocycles. The molecule has 1 aliphatic rings. The summed E-state index contributed by atoms with van der Waals surface area (Å²) < 4.78 is 13.3. The molecule has 0 aromatic heterocycles. The number of rotatable bonds is 3. The Bertz CT molecular complexity index is 417. The van der Waals surface area contributed by atoms with Crippen molar-refractivity contribution in [3.8, 4) is 0 Å². The molecule has 1 aliphatic carbocycles. The average Bonchev–Trinajstić information content (AvgIpc) is 2.34. The summed E-state index contributed by atoms with van der Waals surface area (Å²) in [6, 6.07) is 5.65. The van der Waals surface area contributed by atoms with Crippen molar-refractivity contribution in [3.05, 3.63) is 46.8 Å². The lowest BCUT2D eigenvalue weighted by Gasteiger charge is -2.24. The average molecular weight is 254 g/mol. The van der Waals surface area contributed by atoms with Crippen LogP contribution in [0.2, 0.25) is 5.02 Å². The van der Waals surface area contributed by atoms with E-state index in [2.05, 4.69) is 24.4 Å². The number of hydrogen-bond acceptors (Lipinski definition) is 1. The molecule has 0 amide bonds. The minimum absolute atomic E-state index is 0.151. The van der Waals surface area contributed by atoms with Crippen LogP contribution < -0.4 is 5.32 Å². The quantitative estimate of drug-likeness (QED) is 0.795. The van der Waals surface area contributed by atoms with E-state index in [1.54, 1.807) is 6.07 Å². The summed E-state index contributed by atoms with van der Waals surface area (Å²) in [5.41, 5.74) is 0.946. The van der Waals surface area contributed by atoms with Gasteiger partial charge in [0.25, 0.3) is 0 Å². The number of nitrogens with one attached hydrogen (secondary N) is 1. The van der Waals surface area contributed by atoms with E-state index in [1.807, 2.05) is 6.07 Å². The zero-order valence-electron chi connectivity index (χ0n) is 9.92. The first kappa shape index (κ1) is 12.6. The topological polar surface area (TPSA) is 12.0 Å². The first-order chi connectivity index (χ1) is 8.16. The second-order valence-corrected chi connectivity index (χ2v) is 4.95. The lowest BCUT2D eigenvalue weighted by Crippen LogP contribution is -2.32. The minimum Gasteiger partial charge on any atom is -0.307 e. The third-order valence-electron chi connectivity index (χ3n) is 3.20. The molecule has 0 fully saturated rings. The highest BCUT2D eigenvalue weighted by atomic mass is 35.5. The fraction of sp³-hybridized carbons (Fsp3) is 0.429. The van der Waals surface area contributed by atoms with Crippen molar-refractivity contribution in [1.82, 2.24) is 5.32 Å². The third-order valence-corrected chi connectivity index (χ3v) is 3.50. The summed E-state index contributed by atoms with van der Waals surface area (Å²) in [6.07, 6.45) is 7.75. The SMILES string of the molecule is CC(NC1CC=CCC1)c1ccc(Cl)c(F)c1. The summed E-state index contributed by atoms with van der Waals surface area (Å²) in [7, 11) is 0. The smallest absolute Gasteiger partial charge is 0.142 e. The first-order valence-electron chi connectivity index (χ1n) is 6.03. The maximum Gasteiger partial charge on any atom is 0.142 e. The van der Waals surface area contributed by atoms with E-state index in [0.717, 1.165) is 24.8 Å². The van der Waals surface area contributed by atoms with Crippen LogP contribution in [0.4, 0.5) is 4.39 Å². The highest BCUT2D eigenvalue weighted by Crippen LogP contribution is 2.22. The zero-order valence-corrected chi connectivity index (χ0v) is 10.7.